The van der Waals surface area contributed by atoms with Crippen molar-refractivity contribution in [1.29, 1.82) is 0 Å². The predicted molar refractivity (Wildman–Crippen MR) is 69.7 cm³/mol. The smallest absolute Gasteiger partial charge is 0.810 e. The van der Waals surface area contributed by atoms with Crippen LogP contribution >= 0.6 is 15.2 Å². The molecule has 1 aliphatic heterocycles. The third-order valence-corrected chi connectivity index (χ3v) is 4.45. The van der Waals surface area contributed by atoms with Gasteiger partial charge < -0.3 is 38.2 Å². The Kier molecular flexibility index (Phi) is 28.5. The van der Waals surface area contributed by atoms with Crippen molar-refractivity contribution in [2.75, 3.05) is 65.2 Å². The van der Waals surface area contributed by atoms with Crippen LogP contribution in [0.15, 0.2) is 0 Å². The second-order valence-corrected chi connectivity index (χ2v) is 7.97. The third kappa shape index (κ3) is 22.8. The summed E-state index contributed by atoms with van der Waals surface area (Å²) in [7, 11) is -9.28. The van der Waals surface area contributed by atoms with Gasteiger partial charge in [-0.25, -0.2) is 0 Å². The van der Waals surface area contributed by atoms with Crippen molar-refractivity contribution in [3.05, 3.63) is 0 Å². The van der Waals surface area contributed by atoms with E-state index in [9.17, 15) is 28.7 Å². The van der Waals surface area contributed by atoms with Crippen LogP contribution in [-0.4, -0.2) is 75.0 Å². The van der Waals surface area contributed by atoms with E-state index in [1.165, 1.54) is 9.80 Å². The molecule has 10 nitrogen and oxygen atoms in total. The van der Waals surface area contributed by atoms with Crippen molar-refractivity contribution in [2.45, 2.75) is 0 Å². The first-order chi connectivity index (χ1) is 10.2. The molecule has 0 N–H and O–H groups in total. The second kappa shape index (κ2) is 19.8. The zero-order chi connectivity index (χ0) is 16.6. The summed E-state index contributed by atoms with van der Waals surface area (Å²) < 4.78 is 32.2. The van der Waals surface area contributed by atoms with Crippen molar-refractivity contribution >= 4 is 15.2 Å². The molecule has 0 saturated carbocycles. The van der Waals surface area contributed by atoms with Crippen molar-refractivity contribution < 1.29 is 156 Å². The summed E-state index contributed by atoms with van der Waals surface area (Å²) in [4.78, 5) is 46.1. The molecule has 0 aromatic heterocycles. The summed E-state index contributed by atoms with van der Waals surface area (Å²) in [6.07, 6.45) is -1.16. The van der Waals surface area contributed by atoms with Gasteiger partial charge in [-0.1, -0.05) is 15.2 Å². The quantitative estimate of drug-likeness (QED) is 0.298. The fourth-order valence-electron chi connectivity index (χ4n) is 1.98. The third-order valence-electron chi connectivity index (χ3n) is 2.95. The monoisotopic (exact) mass is 450 g/mol. The molecule has 0 aromatic carbocycles. The van der Waals surface area contributed by atoms with Gasteiger partial charge in [-0.15, -0.1) is 0 Å². The summed E-state index contributed by atoms with van der Waals surface area (Å²) >= 11 is 0. The van der Waals surface area contributed by atoms with Crippen LogP contribution in [0.1, 0.15) is 0 Å². The number of nitrogens with zero attached hydrogens (tertiary/aromatic N) is 2. The summed E-state index contributed by atoms with van der Waals surface area (Å²) in [5, 5.41) is 0. The van der Waals surface area contributed by atoms with E-state index in [1.54, 1.807) is 0 Å². The largest absolute Gasteiger partial charge is 1.00 e. The van der Waals surface area contributed by atoms with Gasteiger partial charge in [0.15, 0.2) is 0 Å². The fraction of sp³-hybridized carbons (Fsp3) is 1.00. The minimum atomic E-state index is -4.64. The predicted octanol–water partition coefficient (Wildman–Crippen LogP) is -15.6. The van der Waals surface area contributed by atoms with E-state index >= 15 is 0 Å². The fourth-order valence-corrected chi connectivity index (χ4v) is 3.52. The van der Waals surface area contributed by atoms with Gasteiger partial charge in [-0.2, -0.15) is 0 Å². The van der Waals surface area contributed by atoms with Gasteiger partial charge in [0, 0.05) is 38.8 Å². The molecule has 0 aliphatic carbocycles. The molecule has 16 heteroatoms. The molecule has 0 amide bonds. The van der Waals surface area contributed by atoms with Gasteiger partial charge in [-0.3, -0.25) is 9.80 Å². The number of hydrogen-bond acceptors (Lipinski definition) is 10. The van der Waals surface area contributed by atoms with Gasteiger partial charge in [0.1, 0.15) is 0 Å². The molecule has 0 atom stereocenters. The van der Waals surface area contributed by atoms with Gasteiger partial charge in [0.2, 0.25) is 0 Å². The molecule has 1 fully saturated rings. The zero-order valence-corrected chi connectivity index (χ0v) is 25.9. The maximum Gasteiger partial charge on any atom is 1.00 e. The Morgan fingerprint density at radius 1 is 0.615 bits per heavy atom. The minimum absolute atomic E-state index is 0. The normalized spacial score (nSPS) is 18.6. The minimum Gasteiger partial charge on any atom is -0.810 e. The molecule has 0 bridgehead atoms. The van der Waals surface area contributed by atoms with E-state index in [0.29, 0.717) is 0 Å². The van der Waals surface area contributed by atoms with Crippen LogP contribution in [0.5, 0.6) is 0 Å². The number of ether oxygens (including phenoxy) is 2. The topological polar surface area (TPSA) is 151 Å². The van der Waals surface area contributed by atoms with Crippen molar-refractivity contribution in [1.82, 2.24) is 9.80 Å². The Labute approximate surface area is 243 Å². The van der Waals surface area contributed by atoms with Crippen LogP contribution < -0.4 is 138 Å². The summed E-state index contributed by atoms with van der Waals surface area (Å²) in [6.45, 7) is 1.78. The molecule has 0 unspecified atom stereocenters. The molecule has 0 radical (unpaired) electrons. The van der Waals surface area contributed by atoms with Crippen LogP contribution in [-0.2, 0) is 18.6 Å². The summed E-state index contributed by atoms with van der Waals surface area (Å²) in [5.74, 6) is 0. The van der Waals surface area contributed by atoms with Gasteiger partial charge >= 0.3 is 118 Å². The first-order valence-corrected chi connectivity index (χ1v) is 10.2. The molecule has 1 heterocycles. The van der Waals surface area contributed by atoms with Gasteiger partial charge in [0.25, 0.3) is 0 Å². The van der Waals surface area contributed by atoms with Crippen molar-refractivity contribution in [3.63, 3.8) is 0 Å². The van der Waals surface area contributed by atoms with E-state index in [0.717, 1.165) is 0 Å². The number of rotatable bonds is 4. The standard InChI is InChI=1S/C10H24N2O8P2.4Na/c13-21(14,15)9-11-1-5-19-7-3-12(10-22(16,17)18)4-8-20-6-2-11;;;;/h1-10H2,(H2,13,14,15)(H2,16,17,18);;;;/q;4*+1/p-4. The molecule has 0 spiro atoms. The van der Waals surface area contributed by atoms with Crippen LogP contribution in [0.25, 0.3) is 0 Å². The van der Waals surface area contributed by atoms with E-state index in [1.807, 2.05) is 0 Å². The van der Waals surface area contributed by atoms with Gasteiger partial charge in [0.05, 0.1) is 26.4 Å². The molecule has 26 heavy (non-hydrogen) atoms. The van der Waals surface area contributed by atoms with Crippen molar-refractivity contribution in [3.8, 4) is 0 Å². The Morgan fingerprint density at radius 2 is 0.846 bits per heavy atom. The average Bonchev–Trinajstić information content (AvgIpc) is 2.31. The summed E-state index contributed by atoms with van der Waals surface area (Å²) in [5.41, 5.74) is 0. The molecular formula is C10H20N2Na4O8P2. The Hall–Kier alpha value is 4.14. The molecule has 1 rings (SSSR count). The molecular weight excluding hydrogens is 430 g/mol. The molecule has 1 aliphatic rings. The second-order valence-electron chi connectivity index (χ2n) is 4.97. The van der Waals surface area contributed by atoms with Gasteiger partial charge in [-0.05, 0) is 0 Å². The van der Waals surface area contributed by atoms with Crippen LogP contribution in [0.4, 0.5) is 0 Å². The van der Waals surface area contributed by atoms with E-state index in [-0.39, 0.29) is 171 Å². The van der Waals surface area contributed by atoms with E-state index in [2.05, 4.69) is 0 Å². The van der Waals surface area contributed by atoms with Crippen LogP contribution in [0.2, 0.25) is 0 Å². The van der Waals surface area contributed by atoms with E-state index in [4.69, 9.17) is 9.47 Å². The molecule has 1 saturated heterocycles. The average molecular weight is 450 g/mol. The zero-order valence-electron chi connectivity index (χ0n) is 16.1. The van der Waals surface area contributed by atoms with Crippen LogP contribution in [0.3, 0.4) is 0 Å². The first-order valence-electron chi connectivity index (χ1n) is 6.78. The molecule has 132 valence electrons. The maximum atomic E-state index is 10.8. The SMILES string of the molecule is O=P([O-])([O-])CN1CCOCCN(CP(=O)([O-])[O-])CCOCC1.[Na+].[Na+].[Na+].[Na+]. The first kappa shape index (κ1) is 37.5. The Balaban J connectivity index is -0.000000605. The number of hydrogen-bond donors (Lipinski definition) is 0. The van der Waals surface area contributed by atoms with Crippen molar-refractivity contribution in [2.24, 2.45) is 0 Å². The maximum absolute atomic E-state index is 10.8. The van der Waals surface area contributed by atoms with E-state index < -0.39 is 27.8 Å². The Morgan fingerprint density at radius 3 is 1.04 bits per heavy atom. The Bertz CT molecular complexity index is 378. The summed E-state index contributed by atoms with van der Waals surface area (Å²) in [6, 6.07) is 0. The molecule has 0 aromatic rings. The van der Waals surface area contributed by atoms with Crippen LogP contribution in [0, 0.1) is 0 Å².